The van der Waals surface area contributed by atoms with E-state index in [-0.39, 0.29) is 5.91 Å². The van der Waals surface area contributed by atoms with Crippen LogP contribution in [0.2, 0.25) is 0 Å². The molecule has 0 saturated heterocycles. The second-order valence-corrected chi connectivity index (χ2v) is 5.05. The van der Waals surface area contributed by atoms with Gasteiger partial charge in [-0.1, -0.05) is 13.0 Å². The summed E-state index contributed by atoms with van der Waals surface area (Å²) in [4.78, 5) is 18.7. The zero-order valence-electron chi connectivity index (χ0n) is 12.4. The Morgan fingerprint density at radius 1 is 1.40 bits per heavy atom. The van der Waals surface area contributed by atoms with Crippen molar-refractivity contribution in [3.05, 3.63) is 23.9 Å². The second-order valence-electron chi connectivity index (χ2n) is 5.05. The SMILES string of the molecule is CCNc1cccc(C(=O)NCCN(CC)C2CC2)n1. The molecule has 0 bridgehead atoms. The van der Waals surface area contributed by atoms with Crippen molar-refractivity contribution in [1.82, 2.24) is 15.2 Å². The fourth-order valence-electron chi connectivity index (χ4n) is 2.28. The van der Waals surface area contributed by atoms with E-state index >= 15 is 0 Å². The molecule has 0 spiro atoms. The van der Waals surface area contributed by atoms with Gasteiger partial charge in [0.05, 0.1) is 0 Å². The van der Waals surface area contributed by atoms with Crippen LogP contribution in [0.1, 0.15) is 37.2 Å². The van der Waals surface area contributed by atoms with E-state index in [1.807, 2.05) is 19.1 Å². The zero-order chi connectivity index (χ0) is 14.4. The number of aromatic nitrogens is 1. The Morgan fingerprint density at radius 3 is 2.85 bits per heavy atom. The number of carbonyl (C=O) groups is 1. The van der Waals surface area contributed by atoms with Crippen molar-refractivity contribution < 1.29 is 4.79 Å². The average molecular weight is 276 g/mol. The Kier molecular flexibility index (Phi) is 5.35. The maximum atomic E-state index is 12.0. The minimum atomic E-state index is -0.100. The third-order valence-electron chi connectivity index (χ3n) is 3.49. The van der Waals surface area contributed by atoms with Crippen molar-refractivity contribution in [1.29, 1.82) is 0 Å². The highest BCUT2D eigenvalue weighted by atomic mass is 16.1. The summed E-state index contributed by atoms with van der Waals surface area (Å²) in [5.41, 5.74) is 0.470. The van der Waals surface area contributed by atoms with E-state index in [0.717, 1.165) is 31.5 Å². The molecule has 1 aliphatic rings. The molecule has 1 fully saturated rings. The lowest BCUT2D eigenvalue weighted by Crippen LogP contribution is -2.36. The average Bonchev–Trinajstić information content (AvgIpc) is 3.29. The number of pyridine rings is 1. The third kappa shape index (κ3) is 4.20. The van der Waals surface area contributed by atoms with Gasteiger partial charge >= 0.3 is 0 Å². The van der Waals surface area contributed by atoms with Gasteiger partial charge in [-0.2, -0.15) is 0 Å². The molecule has 0 aromatic carbocycles. The number of rotatable bonds is 8. The normalized spacial score (nSPS) is 14.3. The Morgan fingerprint density at radius 2 is 2.20 bits per heavy atom. The molecule has 1 aliphatic carbocycles. The standard InChI is InChI=1S/C15H24N4O/c1-3-16-14-7-5-6-13(18-14)15(20)17-10-11-19(4-2)12-8-9-12/h5-7,12H,3-4,8-11H2,1-2H3,(H,16,18)(H,17,20). The highest BCUT2D eigenvalue weighted by Crippen LogP contribution is 2.25. The van der Waals surface area contributed by atoms with E-state index in [1.54, 1.807) is 6.07 Å². The van der Waals surface area contributed by atoms with Gasteiger partial charge in [-0.25, -0.2) is 4.98 Å². The minimum Gasteiger partial charge on any atom is -0.370 e. The van der Waals surface area contributed by atoms with Crippen LogP contribution < -0.4 is 10.6 Å². The lowest BCUT2D eigenvalue weighted by molar-refractivity contribution is 0.0943. The fourth-order valence-corrected chi connectivity index (χ4v) is 2.28. The molecule has 2 rings (SSSR count). The third-order valence-corrected chi connectivity index (χ3v) is 3.49. The first-order chi connectivity index (χ1) is 9.74. The number of anilines is 1. The quantitative estimate of drug-likeness (QED) is 0.759. The van der Waals surface area contributed by atoms with Crippen molar-refractivity contribution in [3.8, 4) is 0 Å². The van der Waals surface area contributed by atoms with Crippen LogP contribution in [0.4, 0.5) is 5.82 Å². The molecule has 1 aromatic heterocycles. The Bertz CT molecular complexity index is 445. The highest BCUT2D eigenvalue weighted by Gasteiger charge is 2.27. The summed E-state index contributed by atoms with van der Waals surface area (Å²) in [5, 5.41) is 6.05. The number of amides is 1. The van der Waals surface area contributed by atoms with Gasteiger partial charge in [0, 0.05) is 25.7 Å². The predicted molar refractivity (Wildman–Crippen MR) is 81.0 cm³/mol. The molecule has 2 N–H and O–H groups in total. The van der Waals surface area contributed by atoms with E-state index < -0.39 is 0 Å². The molecular formula is C15H24N4O. The molecule has 0 atom stereocenters. The van der Waals surface area contributed by atoms with Crippen LogP contribution in [-0.2, 0) is 0 Å². The van der Waals surface area contributed by atoms with E-state index in [0.29, 0.717) is 12.2 Å². The molecule has 1 aromatic rings. The summed E-state index contributed by atoms with van der Waals surface area (Å²) in [6.45, 7) is 7.61. The summed E-state index contributed by atoms with van der Waals surface area (Å²) in [6.07, 6.45) is 2.60. The van der Waals surface area contributed by atoms with Gasteiger partial charge in [0.25, 0.3) is 5.91 Å². The minimum absolute atomic E-state index is 0.100. The Hall–Kier alpha value is -1.62. The molecule has 1 heterocycles. The van der Waals surface area contributed by atoms with Crippen molar-refractivity contribution in [3.63, 3.8) is 0 Å². The van der Waals surface area contributed by atoms with Gasteiger partial charge in [0.15, 0.2) is 0 Å². The van der Waals surface area contributed by atoms with Gasteiger partial charge in [-0.05, 0) is 38.4 Å². The maximum Gasteiger partial charge on any atom is 0.270 e. The van der Waals surface area contributed by atoms with E-state index in [1.165, 1.54) is 12.8 Å². The van der Waals surface area contributed by atoms with E-state index in [9.17, 15) is 4.79 Å². The van der Waals surface area contributed by atoms with Crippen LogP contribution in [0.25, 0.3) is 0 Å². The van der Waals surface area contributed by atoms with Crippen LogP contribution >= 0.6 is 0 Å². The summed E-state index contributed by atoms with van der Waals surface area (Å²) >= 11 is 0. The lowest BCUT2D eigenvalue weighted by Gasteiger charge is -2.19. The van der Waals surface area contributed by atoms with Gasteiger partial charge in [0.1, 0.15) is 11.5 Å². The topological polar surface area (TPSA) is 57.3 Å². The van der Waals surface area contributed by atoms with Gasteiger partial charge in [-0.15, -0.1) is 0 Å². The number of hydrogen-bond acceptors (Lipinski definition) is 4. The molecule has 1 amide bonds. The number of hydrogen-bond donors (Lipinski definition) is 2. The van der Waals surface area contributed by atoms with Gasteiger partial charge in [0.2, 0.25) is 0 Å². The molecule has 0 unspecified atom stereocenters. The monoisotopic (exact) mass is 276 g/mol. The number of carbonyl (C=O) groups excluding carboxylic acids is 1. The van der Waals surface area contributed by atoms with Crippen LogP contribution in [0.5, 0.6) is 0 Å². The molecule has 0 radical (unpaired) electrons. The van der Waals surface area contributed by atoms with Crippen LogP contribution in [-0.4, -0.2) is 48.0 Å². The van der Waals surface area contributed by atoms with Crippen LogP contribution in [0, 0.1) is 0 Å². The van der Waals surface area contributed by atoms with Crippen molar-refractivity contribution >= 4 is 11.7 Å². The Balaban J connectivity index is 1.80. The largest absolute Gasteiger partial charge is 0.370 e. The first-order valence-corrected chi connectivity index (χ1v) is 7.47. The molecular weight excluding hydrogens is 252 g/mol. The fraction of sp³-hybridized carbons (Fsp3) is 0.600. The first kappa shape index (κ1) is 14.8. The smallest absolute Gasteiger partial charge is 0.270 e. The van der Waals surface area contributed by atoms with Crippen molar-refractivity contribution in [2.75, 3.05) is 31.5 Å². The molecule has 20 heavy (non-hydrogen) atoms. The molecule has 5 heteroatoms. The second kappa shape index (κ2) is 7.24. The highest BCUT2D eigenvalue weighted by molar-refractivity contribution is 5.92. The Labute approximate surface area is 120 Å². The van der Waals surface area contributed by atoms with E-state index in [4.69, 9.17) is 0 Å². The molecule has 5 nitrogen and oxygen atoms in total. The van der Waals surface area contributed by atoms with Gasteiger partial charge < -0.3 is 10.6 Å². The molecule has 1 saturated carbocycles. The predicted octanol–water partition coefficient (Wildman–Crippen LogP) is 1.73. The number of nitrogens with zero attached hydrogens (tertiary/aromatic N) is 2. The summed E-state index contributed by atoms with van der Waals surface area (Å²) in [7, 11) is 0. The van der Waals surface area contributed by atoms with E-state index in [2.05, 4.69) is 27.4 Å². The maximum absolute atomic E-state index is 12.0. The van der Waals surface area contributed by atoms with Crippen molar-refractivity contribution in [2.45, 2.75) is 32.7 Å². The summed E-state index contributed by atoms with van der Waals surface area (Å²) in [5.74, 6) is 0.643. The van der Waals surface area contributed by atoms with Crippen LogP contribution in [0.3, 0.4) is 0 Å². The lowest BCUT2D eigenvalue weighted by atomic mass is 10.3. The molecule has 0 aliphatic heterocycles. The first-order valence-electron chi connectivity index (χ1n) is 7.47. The molecule has 110 valence electrons. The van der Waals surface area contributed by atoms with Crippen molar-refractivity contribution in [2.24, 2.45) is 0 Å². The summed E-state index contributed by atoms with van der Waals surface area (Å²) < 4.78 is 0. The van der Waals surface area contributed by atoms with Crippen LogP contribution in [0.15, 0.2) is 18.2 Å². The number of nitrogens with one attached hydrogen (secondary N) is 2. The number of likely N-dealkylation sites (N-methyl/N-ethyl adjacent to an activating group) is 1. The zero-order valence-corrected chi connectivity index (χ0v) is 12.4. The van der Waals surface area contributed by atoms with Gasteiger partial charge in [-0.3, -0.25) is 9.69 Å². The summed E-state index contributed by atoms with van der Waals surface area (Å²) in [6, 6.07) is 6.20.